The highest BCUT2D eigenvalue weighted by molar-refractivity contribution is 6.05. The van der Waals surface area contributed by atoms with Gasteiger partial charge in [0.25, 0.3) is 0 Å². The van der Waals surface area contributed by atoms with Gasteiger partial charge in [0.15, 0.2) is 5.78 Å². The summed E-state index contributed by atoms with van der Waals surface area (Å²) in [4.78, 5) is 27.2. The van der Waals surface area contributed by atoms with Crippen molar-refractivity contribution in [1.29, 1.82) is 0 Å². The lowest BCUT2D eigenvalue weighted by atomic mass is 9.94. The molecule has 0 spiro atoms. The van der Waals surface area contributed by atoms with Gasteiger partial charge in [-0.15, -0.1) is 0 Å². The predicted octanol–water partition coefficient (Wildman–Crippen LogP) is 3.45. The van der Waals surface area contributed by atoms with Gasteiger partial charge in [-0.3, -0.25) is 9.69 Å². The molecule has 4 rings (SSSR count). The number of carbonyl (C=O) groups is 2. The van der Waals surface area contributed by atoms with Crippen molar-refractivity contribution in [2.45, 2.75) is 58.3 Å². The smallest absolute Gasteiger partial charge is 0.337 e. The normalized spacial score (nSPS) is 22.7. The van der Waals surface area contributed by atoms with Crippen molar-refractivity contribution >= 4 is 22.7 Å². The third kappa shape index (κ3) is 3.96. The number of aryl methyl sites for hydroxylation is 2. The first-order chi connectivity index (χ1) is 14.0. The standard InChI is InChI=1S/C23H30N2O4/c1-15-13-24(14-16(2)29-15)10-5-11-25-20-9-8-17(23(27)28-3)12-19(20)18-6-4-7-21(26)22(18)25/h8-9,12,15-16H,4-7,10-11,13-14H2,1-3H3. The van der Waals surface area contributed by atoms with Crippen LogP contribution in [0.5, 0.6) is 0 Å². The summed E-state index contributed by atoms with van der Waals surface area (Å²) in [7, 11) is 1.39. The number of methoxy groups -OCH3 is 1. The highest BCUT2D eigenvalue weighted by Gasteiger charge is 2.27. The maximum Gasteiger partial charge on any atom is 0.337 e. The Morgan fingerprint density at radius 1 is 1.17 bits per heavy atom. The van der Waals surface area contributed by atoms with E-state index in [4.69, 9.17) is 9.47 Å². The first-order valence-electron chi connectivity index (χ1n) is 10.6. The maximum absolute atomic E-state index is 12.8. The molecule has 2 unspecified atom stereocenters. The second kappa shape index (κ2) is 8.28. The number of aromatic nitrogens is 1. The Kier molecular flexibility index (Phi) is 5.74. The second-order valence-corrected chi connectivity index (χ2v) is 8.35. The molecule has 29 heavy (non-hydrogen) atoms. The molecule has 1 aromatic carbocycles. The van der Waals surface area contributed by atoms with Crippen LogP contribution in [0.25, 0.3) is 10.9 Å². The maximum atomic E-state index is 12.8. The van der Waals surface area contributed by atoms with Gasteiger partial charge in [-0.05, 0) is 56.9 Å². The van der Waals surface area contributed by atoms with Gasteiger partial charge in [0.1, 0.15) is 0 Å². The number of benzene rings is 1. The van der Waals surface area contributed by atoms with E-state index in [9.17, 15) is 9.59 Å². The van der Waals surface area contributed by atoms with Crippen LogP contribution < -0.4 is 0 Å². The Morgan fingerprint density at radius 2 is 1.93 bits per heavy atom. The minimum Gasteiger partial charge on any atom is -0.465 e. The van der Waals surface area contributed by atoms with Gasteiger partial charge in [-0.25, -0.2) is 4.79 Å². The van der Waals surface area contributed by atoms with Crippen LogP contribution in [-0.2, 0) is 22.4 Å². The van der Waals surface area contributed by atoms with E-state index in [1.807, 2.05) is 12.1 Å². The summed E-state index contributed by atoms with van der Waals surface area (Å²) in [6.45, 7) is 7.94. The lowest BCUT2D eigenvalue weighted by molar-refractivity contribution is -0.0682. The summed E-state index contributed by atoms with van der Waals surface area (Å²) in [6.07, 6.45) is 3.85. The lowest BCUT2D eigenvalue weighted by Crippen LogP contribution is -2.45. The van der Waals surface area contributed by atoms with E-state index in [1.54, 1.807) is 6.07 Å². The summed E-state index contributed by atoms with van der Waals surface area (Å²) in [6, 6.07) is 5.65. The van der Waals surface area contributed by atoms with Crippen molar-refractivity contribution in [3.8, 4) is 0 Å². The monoisotopic (exact) mass is 398 g/mol. The van der Waals surface area contributed by atoms with Crippen molar-refractivity contribution in [2.24, 2.45) is 0 Å². The molecule has 2 aliphatic rings. The first kappa shape index (κ1) is 20.1. The number of fused-ring (bicyclic) bond motifs is 3. The van der Waals surface area contributed by atoms with Crippen LogP contribution >= 0.6 is 0 Å². The van der Waals surface area contributed by atoms with Crippen LogP contribution in [0.15, 0.2) is 18.2 Å². The zero-order chi connectivity index (χ0) is 20.5. The molecule has 1 aromatic heterocycles. The zero-order valence-corrected chi connectivity index (χ0v) is 17.6. The van der Waals surface area contributed by atoms with Gasteiger partial charge in [0.05, 0.1) is 30.6 Å². The molecule has 6 nitrogen and oxygen atoms in total. The molecule has 0 radical (unpaired) electrons. The molecule has 2 aromatic rings. The zero-order valence-electron chi connectivity index (χ0n) is 17.6. The highest BCUT2D eigenvalue weighted by Crippen LogP contribution is 2.33. The molecule has 0 amide bonds. The number of nitrogens with zero attached hydrogens (tertiary/aromatic N) is 2. The topological polar surface area (TPSA) is 60.8 Å². The van der Waals surface area contributed by atoms with E-state index in [0.717, 1.165) is 67.6 Å². The molecule has 1 fully saturated rings. The van der Waals surface area contributed by atoms with Crippen LogP contribution in [0.2, 0.25) is 0 Å². The quantitative estimate of drug-likeness (QED) is 0.722. The number of ketones is 1. The van der Waals surface area contributed by atoms with Gasteiger partial charge < -0.3 is 14.0 Å². The number of hydrogen-bond acceptors (Lipinski definition) is 5. The number of hydrogen-bond donors (Lipinski definition) is 0. The van der Waals surface area contributed by atoms with Crippen molar-refractivity contribution in [3.63, 3.8) is 0 Å². The summed E-state index contributed by atoms with van der Waals surface area (Å²) in [5, 5.41) is 1.02. The minimum absolute atomic E-state index is 0.218. The molecular weight excluding hydrogens is 368 g/mol. The van der Waals surface area contributed by atoms with Crippen LogP contribution in [0.3, 0.4) is 0 Å². The van der Waals surface area contributed by atoms with E-state index >= 15 is 0 Å². The number of rotatable bonds is 5. The van der Waals surface area contributed by atoms with Crippen LogP contribution in [-0.4, -0.2) is 60.2 Å². The third-order valence-corrected chi connectivity index (χ3v) is 6.04. The summed E-state index contributed by atoms with van der Waals surface area (Å²) >= 11 is 0. The fourth-order valence-corrected chi connectivity index (χ4v) is 4.94. The van der Waals surface area contributed by atoms with Crippen molar-refractivity contribution in [1.82, 2.24) is 9.47 Å². The van der Waals surface area contributed by atoms with E-state index < -0.39 is 0 Å². The van der Waals surface area contributed by atoms with E-state index in [1.165, 1.54) is 7.11 Å². The first-order valence-corrected chi connectivity index (χ1v) is 10.6. The van der Waals surface area contributed by atoms with Gasteiger partial charge in [0.2, 0.25) is 0 Å². The fourth-order valence-electron chi connectivity index (χ4n) is 4.94. The van der Waals surface area contributed by atoms with Crippen LogP contribution in [0.1, 0.15) is 59.5 Å². The molecule has 1 aliphatic heterocycles. The molecule has 0 saturated carbocycles. The molecule has 1 saturated heterocycles. The van der Waals surface area contributed by atoms with Crippen molar-refractivity contribution in [2.75, 3.05) is 26.7 Å². The van der Waals surface area contributed by atoms with Crippen LogP contribution in [0.4, 0.5) is 0 Å². The molecule has 6 heteroatoms. The van der Waals surface area contributed by atoms with E-state index in [-0.39, 0.29) is 24.0 Å². The SMILES string of the molecule is COC(=O)c1ccc2c(c1)c1c(n2CCCN2CC(C)OC(C)C2)C(=O)CCC1. The third-order valence-electron chi connectivity index (χ3n) is 6.04. The second-order valence-electron chi connectivity index (χ2n) is 8.35. The van der Waals surface area contributed by atoms with Gasteiger partial charge >= 0.3 is 5.97 Å². The molecule has 0 bridgehead atoms. The largest absolute Gasteiger partial charge is 0.465 e. The number of esters is 1. The molecule has 2 atom stereocenters. The Hall–Kier alpha value is -2.18. The molecule has 1 aliphatic carbocycles. The Labute approximate surface area is 171 Å². The summed E-state index contributed by atoms with van der Waals surface area (Å²) in [5.41, 5.74) is 3.52. The molecular formula is C23H30N2O4. The molecule has 2 heterocycles. The average Bonchev–Trinajstić information content (AvgIpc) is 3.01. The number of ether oxygens (including phenoxy) is 2. The number of Topliss-reactive ketones (excluding diaryl/α,β-unsaturated/α-hetero) is 1. The fraction of sp³-hybridized carbons (Fsp3) is 0.565. The average molecular weight is 399 g/mol. The Morgan fingerprint density at radius 3 is 2.66 bits per heavy atom. The lowest BCUT2D eigenvalue weighted by Gasteiger charge is -2.35. The van der Waals surface area contributed by atoms with Crippen LogP contribution in [0, 0.1) is 0 Å². The minimum atomic E-state index is -0.342. The van der Waals surface area contributed by atoms with Crippen molar-refractivity contribution in [3.05, 3.63) is 35.0 Å². The highest BCUT2D eigenvalue weighted by atomic mass is 16.5. The van der Waals surface area contributed by atoms with E-state index in [0.29, 0.717) is 12.0 Å². The van der Waals surface area contributed by atoms with Crippen molar-refractivity contribution < 1.29 is 19.1 Å². The van der Waals surface area contributed by atoms with Gasteiger partial charge in [-0.2, -0.15) is 0 Å². The number of morpholine rings is 1. The summed E-state index contributed by atoms with van der Waals surface area (Å²) in [5.74, 6) is -0.123. The molecule has 156 valence electrons. The molecule has 0 N–H and O–H groups in total. The Bertz CT molecular complexity index is 923. The van der Waals surface area contributed by atoms with Gasteiger partial charge in [-0.1, -0.05) is 0 Å². The Balaban J connectivity index is 1.60. The summed E-state index contributed by atoms with van der Waals surface area (Å²) < 4.78 is 12.9. The van der Waals surface area contributed by atoms with E-state index in [2.05, 4.69) is 23.3 Å². The van der Waals surface area contributed by atoms with Gasteiger partial charge in [0, 0.05) is 43.5 Å². The predicted molar refractivity (Wildman–Crippen MR) is 112 cm³/mol. The number of carbonyl (C=O) groups excluding carboxylic acids is 2.